The van der Waals surface area contributed by atoms with E-state index in [-0.39, 0.29) is 31.1 Å². The van der Waals surface area contributed by atoms with Crippen LogP contribution in [0.2, 0.25) is 0 Å². The Labute approximate surface area is 201 Å². The second-order valence-corrected chi connectivity index (χ2v) is 10.1. The fourth-order valence-electron chi connectivity index (χ4n) is 3.99. The van der Waals surface area contributed by atoms with E-state index in [2.05, 4.69) is 0 Å². The number of sulfonamides is 1. The first kappa shape index (κ1) is 24.6. The summed E-state index contributed by atoms with van der Waals surface area (Å²) in [6.45, 7) is 0.161. The Bertz CT molecular complexity index is 1340. The number of benzene rings is 3. The van der Waals surface area contributed by atoms with Gasteiger partial charge in [-0.25, -0.2) is 17.2 Å². The number of ether oxygens (including phenoxy) is 2. The van der Waals surface area contributed by atoms with Crippen LogP contribution in [0.5, 0.6) is 11.5 Å². The minimum Gasteiger partial charge on any atom is -0.496 e. The molecule has 184 valence electrons. The van der Waals surface area contributed by atoms with Crippen molar-refractivity contribution >= 4 is 16.0 Å². The van der Waals surface area contributed by atoms with E-state index in [1.54, 1.807) is 42.5 Å². The summed E-state index contributed by atoms with van der Waals surface area (Å²) in [4.78, 5) is 11.4. The lowest BCUT2D eigenvalue weighted by Crippen LogP contribution is -2.37. The third kappa shape index (κ3) is 5.44. The summed E-state index contributed by atoms with van der Waals surface area (Å²) in [5, 5.41) is 9.34. The fourth-order valence-corrected chi connectivity index (χ4v) is 5.67. The summed E-state index contributed by atoms with van der Waals surface area (Å²) >= 11 is 0. The average molecular weight is 504 g/mol. The molecule has 3 aromatic carbocycles. The van der Waals surface area contributed by atoms with Crippen LogP contribution in [-0.2, 0) is 28.0 Å². The molecule has 1 N–H and O–H groups in total. The van der Waals surface area contributed by atoms with Crippen LogP contribution in [0.15, 0.2) is 60.7 Å². The van der Waals surface area contributed by atoms with E-state index in [4.69, 9.17) is 9.47 Å². The van der Waals surface area contributed by atoms with Crippen LogP contribution < -0.4 is 9.47 Å². The van der Waals surface area contributed by atoms with Crippen molar-refractivity contribution in [1.29, 1.82) is 0 Å². The topological polar surface area (TPSA) is 93.1 Å². The Morgan fingerprint density at radius 3 is 2.43 bits per heavy atom. The van der Waals surface area contributed by atoms with Crippen molar-refractivity contribution in [2.24, 2.45) is 0 Å². The normalized spacial score (nSPS) is 17.3. The lowest BCUT2D eigenvalue weighted by Gasteiger charge is -2.20. The van der Waals surface area contributed by atoms with Gasteiger partial charge in [0.15, 0.2) is 11.6 Å². The first-order valence-corrected chi connectivity index (χ1v) is 12.4. The van der Waals surface area contributed by atoms with Gasteiger partial charge in [0, 0.05) is 18.2 Å². The Morgan fingerprint density at radius 2 is 1.74 bits per heavy atom. The van der Waals surface area contributed by atoms with Gasteiger partial charge in [-0.3, -0.25) is 4.79 Å². The molecule has 0 aliphatic carbocycles. The molecule has 35 heavy (non-hydrogen) atoms. The van der Waals surface area contributed by atoms with Crippen molar-refractivity contribution in [3.8, 4) is 22.6 Å². The summed E-state index contributed by atoms with van der Waals surface area (Å²) < 4.78 is 63.7. The van der Waals surface area contributed by atoms with Gasteiger partial charge in [-0.05, 0) is 41.3 Å². The van der Waals surface area contributed by atoms with Crippen LogP contribution >= 0.6 is 0 Å². The molecule has 1 heterocycles. The zero-order valence-electron chi connectivity index (χ0n) is 18.8. The molecule has 1 atom stereocenters. The number of carboxylic acids is 1. The molecule has 4 rings (SSSR count). The van der Waals surface area contributed by atoms with E-state index in [1.165, 1.54) is 7.11 Å². The monoisotopic (exact) mass is 503 g/mol. The predicted octanol–water partition coefficient (Wildman–Crippen LogP) is 4.21. The standard InChI is InChI=1S/C25H23F2NO6S/c1-33-24-13-22(27)21(26)12-20(24)18-5-7-19(8-6-18)34-15-17-4-2-3-16(11-17)14-28-23(25(29)30)9-10-35(28,31)32/h2-8,11-13,23H,9-10,14-15H2,1H3,(H,29,30)/t23-/m1/s1. The van der Waals surface area contributed by atoms with Crippen molar-refractivity contribution in [1.82, 2.24) is 4.31 Å². The molecule has 0 unspecified atom stereocenters. The smallest absolute Gasteiger partial charge is 0.322 e. The highest BCUT2D eigenvalue weighted by Crippen LogP contribution is 2.33. The van der Waals surface area contributed by atoms with E-state index < -0.39 is 33.7 Å². The van der Waals surface area contributed by atoms with Gasteiger partial charge in [-0.1, -0.05) is 36.4 Å². The van der Waals surface area contributed by atoms with Crippen molar-refractivity contribution < 1.29 is 36.6 Å². The second-order valence-electron chi connectivity index (χ2n) is 8.10. The largest absolute Gasteiger partial charge is 0.496 e. The van der Waals surface area contributed by atoms with Crippen molar-refractivity contribution in [2.45, 2.75) is 25.6 Å². The number of hydrogen-bond donors (Lipinski definition) is 1. The number of aliphatic carboxylic acids is 1. The number of carboxylic acid groups (broad SMARTS) is 1. The van der Waals surface area contributed by atoms with Crippen LogP contribution in [0.1, 0.15) is 17.5 Å². The molecule has 10 heteroatoms. The van der Waals surface area contributed by atoms with Crippen LogP contribution in [0, 0.1) is 11.6 Å². The minimum atomic E-state index is -3.62. The van der Waals surface area contributed by atoms with E-state index >= 15 is 0 Å². The van der Waals surface area contributed by atoms with Crippen LogP contribution in [0.25, 0.3) is 11.1 Å². The number of halogens is 2. The zero-order valence-corrected chi connectivity index (χ0v) is 19.6. The SMILES string of the molecule is COc1cc(F)c(F)cc1-c1ccc(OCc2cccc(CN3[C@@H](C(=O)O)CCS3(=O)=O)c2)cc1. The molecule has 7 nitrogen and oxygen atoms in total. The summed E-state index contributed by atoms with van der Waals surface area (Å²) in [5.74, 6) is -2.56. The minimum absolute atomic E-state index is 0.0299. The van der Waals surface area contributed by atoms with E-state index in [0.717, 1.165) is 22.0 Å². The van der Waals surface area contributed by atoms with Gasteiger partial charge >= 0.3 is 5.97 Å². The molecule has 0 saturated carbocycles. The van der Waals surface area contributed by atoms with Crippen molar-refractivity contribution in [3.05, 3.63) is 83.4 Å². The maximum absolute atomic E-state index is 13.7. The van der Waals surface area contributed by atoms with Gasteiger partial charge in [0.1, 0.15) is 24.1 Å². The number of carbonyl (C=O) groups is 1. The Morgan fingerprint density at radius 1 is 1.06 bits per heavy atom. The molecular formula is C25H23F2NO6S. The summed E-state index contributed by atoms with van der Waals surface area (Å²) in [7, 11) is -2.24. The first-order valence-electron chi connectivity index (χ1n) is 10.7. The number of hydrogen-bond acceptors (Lipinski definition) is 5. The highest BCUT2D eigenvalue weighted by atomic mass is 32.2. The lowest BCUT2D eigenvalue weighted by molar-refractivity contribution is -0.141. The molecular weight excluding hydrogens is 480 g/mol. The second kappa shape index (κ2) is 10.0. The molecule has 0 amide bonds. The maximum Gasteiger partial charge on any atom is 0.322 e. The van der Waals surface area contributed by atoms with Crippen LogP contribution in [-0.4, -0.2) is 42.7 Å². The van der Waals surface area contributed by atoms with Crippen LogP contribution in [0.4, 0.5) is 8.78 Å². The van der Waals surface area contributed by atoms with Gasteiger partial charge in [-0.2, -0.15) is 4.31 Å². The zero-order chi connectivity index (χ0) is 25.2. The van der Waals surface area contributed by atoms with Gasteiger partial charge in [0.25, 0.3) is 0 Å². The van der Waals surface area contributed by atoms with Gasteiger partial charge in [-0.15, -0.1) is 0 Å². The third-order valence-electron chi connectivity index (χ3n) is 5.78. The molecule has 0 aromatic heterocycles. The van der Waals surface area contributed by atoms with E-state index in [0.29, 0.717) is 22.4 Å². The summed E-state index contributed by atoms with van der Waals surface area (Å²) in [6.07, 6.45) is 0.0624. The molecule has 3 aromatic rings. The summed E-state index contributed by atoms with van der Waals surface area (Å²) in [5.41, 5.74) is 2.46. The highest BCUT2D eigenvalue weighted by Gasteiger charge is 2.41. The average Bonchev–Trinajstić information content (AvgIpc) is 3.14. The first-order chi connectivity index (χ1) is 16.7. The number of nitrogens with zero attached hydrogens (tertiary/aromatic N) is 1. The van der Waals surface area contributed by atoms with E-state index in [9.17, 15) is 27.1 Å². The predicted molar refractivity (Wildman–Crippen MR) is 124 cm³/mol. The molecule has 0 spiro atoms. The van der Waals surface area contributed by atoms with E-state index in [1.807, 2.05) is 6.07 Å². The van der Waals surface area contributed by atoms with Crippen molar-refractivity contribution in [2.75, 3.05) is 12.9 Å². The molecule has 0 radical (unpaired) electrons. The number of methoxy groups -OCH3 is 1. The Hall–Kier alpha value is -3.50. The molecule has 0 bridgehead atoms. The number of rotatable bonds is 8. The molecule has 1 saturated heterocycles. The lowest BCUT2D eigenvalue weighted by atomic mass is 10.0. The summed E-state index contributed by atoms with van der Waals surface area (Å²) in [6, 6.07) is 14.9. The maximum atomic E-state index is 13.7. The third-order valence-corrected chi connectivity index (χ3v) is 7.63. The Balaban J connectivity index is 1.44. The fraction of sp³-hybridized carbons (Fsp3) is 0.240. The molecule has 1 aliphatic rings. The molecule has 1 fully saturated rings. The quantitative estimate of drug-likeness (QED) is 0.495. The van der Waals surface area contributed by atoms with Crippen molar-refractivity contribution in [3.63, 3.8) is 0 Å². The van der Waals surface area contributed by atoms with Gasteiger partial charge in [0.05, 0.1) is 12.9 Å². The van der Waals surface area contributed by atoms with Gasteiger partial charge in [0.2, 0.25) is 10.0 Å². The van der Waals surface area contributed by atoms with Gasteiger partial charge < -0.3 is 14.6 Å². The Kier molecular flexibility index (Phi) is 7.04. The molecule has 1 aliphatic heterocycles. The van der Waals surface area contributed by atoms with Crippen LogP contribution in [0.3, 0.4) is 0 Å². The highest BCUT2D eigenvalue weighted by molar-refractivity contribution is 7.89.